The molecule has 1 aromatic carbocycles. The molecule has 1 atom stereocenters. The van der Waals surface area contributed by atoms with Gasteiger partial charge in [0.05, 0.1) is 5.60 Å². The minimum Gasteiger partial charge on any atom is -0.388 e. The molecule has 8 heteroatoms. The Morgan fingerprint density at radius 2 is 2.15 bits per heavy atom. The van der Waals surface area contributed by atoms with E-state index in [1.165, 1.54) is 17.3 Å². The Morgan fingerprint density at radius 1 is 1.30 bits per heavy atom. The maximum absolute atomic E-state index is 12.4. The summed E-state index contributed by atoms with van der Waals surface area (Å²) in [6, 6.07) is 7.34. The normalized spacial score (nSPS) is 20.1. The molecule has 144 valence electrons. The fourth-order valence-electron chi connectivity index (χ4n) is 3.29. The first kappa shape index (κ1) is 19.0. The zero-order valence-corrected chi connectivity index (χ0v) is 15.5. The number of nitrogens with zero attached hydrogens (tertiary/aromatic N) is 4. The van der Waals surface area contributed by atoms with E-state index in [1.807, 2.05) is 25.1 Å². The number of carbonyl (C=O) groups is 2. The van der Waals surface area contributed by atoms with E-state index in [1.54, 1.807) is 11.0 Å². The Bertz CT molecular complexity index is 792. The summed E-state index contributed by atoms with van der Waals surface area (Å²) in [5, 5.41) is 17.7. The van der Waals surface area contributed by atoms with Crippen LogP contribution in [0.3, 0.4) is 0 Å². The Morgan fingerprint density at radius 3 is 2.89 bits per heavy atom. The number of hydrogen-bond acceptors (Lipinski definition) is 5. The number of aryl methyl sites for hydroxylation is 1. The largest absolute Gasteiger partial charge is 0.388 e. The third-order valence-electron chi connectivity index (χ3n) is 4.89. The van der Waals surface area contributed by atoms with Crippen LogP contribution in [-0.2, 0) is 11.3 Å². The SMILES string of the molecule is Cc1cccc(C(=O)NCC2(O)CCCN(C(=O)Cn3cncn3)CC2)c1. The summed E-state index contributed by atoms with van der Waals surface area (Å²) in [6.45, 7) is 3.28. The summed E-state index contributed by atoms with van der Waals surface area (Å²) in [4.78, 5) is 30.3. The molecule has 2 amide bonds. The van der Waals surface area contributed by atoms with E-state index in [0.717, 1.165) is 5.56 Å². The molecule has 1 unspecified atom stereocenters. The standard InChI is InChI=1S/C19H25N5O3/c1-15-4-2-5-16(10-15)18(26)21-12-19(27)6-3-8-23(9-7-19)17(25)11-24-14-20-13-22-24/h2,4-5,10,13-14,27H,3,6-9,11-12H2,1H3,(H,21,26). The van der Waals surface area contributed by atoms with Crippen molar-refractivity contribution in [2.45, 2.75) is 38.3 Å². The summed E-state index contributed by atoms with van der Waals surface area (Å²) in [7, 11) is 0. The number of nitrogens with one attached hydrogen (secondary N) is 1. The first-order valence-corrected chi connectivity index (χ1v) is 9.13. The van der Waals surface area contributed by atoms with Gasteiger partial charge in [-0.05, 0) is 38.3 Å². The summed E-state index contributed by atoms with van der Waals surface area (Å²) >= 11 is 0. The molecule has 1 aromatic heterocycles. The highest BCUT2D eigenvalue weighted by Crippen LogP contribution is 2.22. The molecule has 0 spiro atoms. The molecule has 27 heavy (non-hydrogen) atoms. The highest BCUT2D eigenvalue weighted by atomic mass is 16.3. The summed E-state index contributed by atoms with van der Waals surface area (Å²) < 4.78 is 1.49. The number of likely N-dealkylation sites (tertiary alicyclic amines) is 1. The van der Waals surface area contributed by atoms with Crippen molar-refractivity contribution in [2.75, 3.05) is 19.6 Å². The number of carbonyl (C=O) groups excluding carboxylic acids is 2. The fourth-order valence-corrected chi connectivity index (χ4v) is 3.29. The predicted octanol–water partition coefficient (Wildman–Crippen LogP) is 0.760. The molecule has 0 aliphatic carbocycles. The smallest absolute Gasteiger partial charge is 0.251 e. The molecule has 1 aliphatic heterocycles. The van der Waals surface area contributed by atoms with Crippen molar-refractivity contribution in [1.29, 1.82) is 0 Å². The fraction of sp³-hybridized carbons (Fsp3) is 0.474. The van der Waals surface area contributed by atoms with Crippen LogP contribution < -0.4 is 5.32 Å². The van der Waals surface area contributed by atoms with Crippen molar-refractivity contribution in [3.63, 3.8) is 0 Å². The second-order valence-electron chi connectivity index (χ2n) is 7.10. The molecule has 8 nitrogen and oxygen atoms in total. The number of rotatable bonds is 5. The van der Waals surface area contributed by atoms with Crippen LogP contribution in [-0.4, -0.2) is 61.8 Å². The van der Waals surface area contributed by atoms with Gasteiger partial charge in [0.25, 0.3) is 5.91 Å². The Hall–Kier alpha value is -2.74. The third kappa shape index (κ3) is 5.13. The molecular formula is C19H25N5O3. The molecule has 0 bridgehead atoms. The Kier molecular flexibility index (Phi) is 5.85. The van der Waals surface area contributed by atoms with Gasteiger partial charge in [0.1, 0.15) is 19.2 Å². The van der Waals surface area contributed by atoms with E-state index in [4.69, 9.17) is 0 Å². The van der Waals surface area contributed by atoms with Gasteiger partial charge in [0, 0.05) is 25.2 Å². The highest BCUT2D eigenvalue weighted by Gasteiger charge is 2.32. The summed E-state index contributed by atoms with van der Waals surface area (Å²) in [5.74, 6) is -0.246. The van der Waals surface area contributed by atoms with Crippen LogP contribution in [0.25, 0.3) is 0 Å². The van der Waals surface area contributed by atoms with Crippen molar-refractivity contribution < 1.29 is 14.7 Å². The summed E-state index contributed by atoms with van der Waals surface area (Å²) in [5.41, 5.74) is 0.580. The van der Waals surface area contributed by atoms with Crippen molar-refractivity contribution >= 4 is 11.8 Å². The van der Waals surface area contributed by atoms with Gasteiger partial charge in [-0.25, -0.2) is 9.67 Å². The first-order valence-electron chi connectivity index (χ1n) is 9.13. The van der Waals surface area contributed by atoms with Crippen LogP contribution in [0.1, 0.15) is 35.2 Å². The van der Waals surface area contributed by atoms with Crippen molar-refractivity contribution in [3.8, 4) is 0 Å². The van der Waals surface area contributed by atoms with Gasteiger partial charge in [0.2, 0.25) is 5.91 Å². The monoisotopic (exact) mass is 371 g/mol. The lowest BCUT2D eigenvalue weighted by molar-refractivity contribution is -0.132. The molecule has 3 rings (SSSR count). The molecular weight excluding hydrogens is 346 g/mol. The first-order chi connectivity index (χ1) is 13.0. The predicted molar refractivity (Wildman–Crippen MR) is 98.9 cm³/mol. The van der Waals surface area contributed by atoms with Crippen molar-refractivity contribution in [3.05, 3.63) is 48.0 Å². The lowest BCUT2D eigenvalue weighted by atomic mass is 9.94. The van der Waals surface area contributed by atoms with E-state index in [9.17, 15) is 14.7 Å². The molecule has 0 radical (unpaired) electrons. The van der Waals surface area contributed by atoms with E-state index in [-0.39, 0.29) is 24.9 Å². The van der Waals surface area contributed by atoms with Gasteiger partial charge in [0.15, 0.2) is 0 Å². The zero-order chi connectivity index (χ0) is 19.3. The maximum Gasteiger partial charge on any atom is 0.251 e. The van der Waals surface area contributed by atoms with Gasteiger partial charge in [-0.3, -0.25) is 9.59 Å². The van der Waals surface area contributed by atoms with Gasteiger partial charge < -0.3 is 15.3 Å². The van der Waals surface area contributed by atoms with Gasteiger partial charge in [-0.15, -0.1) is 0 Å². The van der Waals surface area contributed by atoms with Crippen LogP contribution in [0.15, 0.2) is 36.9 Å². The number of benzene rings is 1. The average Bonchev–Trinajstić information content (AvgIpc) is 3.07. The Labute approximate surface area is 158 Å². The van der Waals surface area contributed by atoms with E-state index < -0.39 is 5.60 Å². The quantitative estimate of drug-likeness (QED) is 0.808. The second kappa shape index (κ2) is 8.30. The third-order valence-corrected chi connectivity index (χ3v) is 4.89. The molecule has 2 N–H and O–H groups in total. The van der Waals surface area contributed by atoms with Gasteiger partial charge in [-0.2, -0.15) is 5.10 Å². The lowest BCUT2D eigenvalue weighted by Crippen LogP contribution is -2.44. The van der Waals surface area contributed by atoms with E-state index >= 15 is 0 Å². The zero-order valence-electron chi connectivity index (χ0n) is 15.5. The van der Waals surface area contributed by atoms with Crippen LogP contribution in [0.5, 0.6) is 0 Å². The van der Waals surface area contributed by atoms with Crippen LogP contribution >= 0.6 is 0 Å². The van der Waals surface area contributed by atoms with Crippen LogP contribution in [0, 0.1) is 6.92 Å². The Balaban J connectivity index is 1.53. The van der Waals surface area contributed by atoms with Crippen molar-refractivity contribution in [2.24, 2.45) is 0 Å². The van der Waals surface area contributed by atoms with E-state index in [2.05, 4.69) is 15.4 Å². The molecule has 2 aromatic rings. The number of aliphatic hydroxyl groups is 1. The molecule has 2 heterocycles. The molecule has 1 fully saturated rings. The maximum atomic E-state index is 12.4. The number of aromatic nitrogens is 3. The average molecular weight is 371 g/mol. The second-order valence-corrected chi connectivity index (χ2v) is 7.10. The number of amides is 2. The van der Waals surface area contributed by atoms with Gasteiger partial charge in [-0.1, -0.05) is 17.7 Å². The van der Waals surface area contributed by atoms with Crippen molar-refractivity contribution in [1.82, 2.24) is 25.0 Å². The van der Waals surface area contributed by atoms with Crippen LogP contribution in [0.2, 0.25) is 0 Å². The highest BCUT2D eigenvalue weighted by molar-refractivity contribution is 5.94. The lowest BCUT2D eigenvalue weighted by Gasteiger charge is -2.27. The minimum absolute atomic E-state index is 0.0476. The topological polar surface area (TPSA) is 100 Å². The number of hydrogen-bond donors (Lipinski definition) is 2. The molecule has 1 aliphatic rings. The van der Waals surface area contributed by atoms with Gasteiger partial charge >= 0.3 is 0 Å². The molecule has 1 saturated heterocycles. The van der Waals surface area contributed by atoms with E-state index in [0.29, 0.717) is 37.9 Å². The minimum atomic E-state index is -1.01. The molecule has 0 saturated carbocycles. The summed E-state index contributed by atoms with van der Waals surface area (Å²) in [6.07, 6.45) is 4.54. The van der Waals surface area contributed by atoms with Crippen LogP contribution in [0.4, 0.5) is 0 Å².